The summed E-state index contributed by atoms with van der Waals surface area (Å²) in [5, 5.41) is 0. The molecule has 0 radical (unpaired) electrons. The van der Waals surface area contributed by atoms with Crippen LogP contribution >= 0.6 is 0 Å². The normalized spacial score (nSPS) is 10.8. The van der Waals surface area contributed by atoms with Gasteiger partial charge in [-0.2, -0.15) is 0 Å². The van der Waals surface area contributed by atoms with Crippen molar-refractivity contribution in [2.75, 3.05) is 7.05 Å². The van der Waals surface area contributed by atoms with Crippen molar-refractivity contribution in [2.24, 2.45) is 0 Å². The van der Waals surface area contributed by atoms with Crippen molar-refractivity contribution in [2.45, 2.75) is 26.6 Å². The second kappa shape index (κ2) is 7.39. The lowest BCUT2D eigenvalue weighted by molar-refractivity contribution is -0.131. The van der Waals surface area contributed by atoms with Crippen LogP contribution in [0.4, 0.5) is 0 Å². The van der Waals surface area contributed by atoms with Crippen molar-refractivity contribution in [1.29, 1.82) is 0 Å². The lowest BCUT2D eigenvalue weighted by Gasteiger charge is -2.19. The minimum Gasteiger partial charge on any atom is -0.340 e. The molecule has 0 aliphatic carbocycles. The van der Waals surface area contributed by atoms with Gasteiger partial charge in [0.1, 0.15) is 6.54 Å². The molecule has 0 bridgehead atoms. The number of carbonyl (C=O) groups is 1. The molecule has 6 nitrogen and oxygen atoms in total. The Morgan fingerprint density at radius 2 is 1.42 bits per heavy atom. The Morgan fingerprint density at radius 1 is 0.885 bits per heavy atom. The number of rotatable bonds is 5. The van der Waals surface area contributed by atoms with Crippen molar-refractivity contribution in [3.05, 3.63) is 80.9 Å². The van der Waals surface area contributed by atoms with Gasteiger partial charge in [-0.15, -0.1) is 0 Å². The number of para-hydroxylation sites is 2. The number of hydrogen-bond donors (Lipinski definition) is 0. The summed E-state index contributed by atoms with van der Waals surface area (Å²) in [7, 11) is 1.69. The van der Waals surface area contributed by atoms with Gasteiger partial charge in [0, 0.05) is 20.1 Å². The van der Waals surface area contributed by atoms with Crippen LogP contribution in [-0.4, -0.2) is 27.0 Å². The zero-order valence-corrected chi connectivity index (χ0v) is 14.9. The van der Waals surface area contributed by atoms with Gasteiger partial charge in [0.05, 0.1) is 11.0 Å². The summed E-state index contributed by atoms with van der Waals surface area (Å²) in [5.74, 6) is -0.227. The van der Waals surface area contributed by atoms with Crippen molar-refractivity contribution in [1.82, 2.24) is 14.0 Å². The minimum absolute atomic E-state index is 0.164. The number of aryl methyl sites for hydroxylation is 1. The molecule has 0 N–H and O–H groups in total. The molecule has 134 valence electrons. The van der Waals surface area contributed by atoms with Gasteiger partial charge in [0.2, 0.25) is 5.91 Å². The van der Waals surface area contributed by atoms with Gasteiger partial charge in [0.15, 0.2) is 0 Å². The molecule has 3 aromatic rings. The van der Waals surface area contributed by atoms with E-state index in [0.29, 0.717) is 24.1 Å². The summed E-state index contributed by atoms with van der Waals surface area (Å²) in [4.78, 5) is 39.1. The van der Waals surface area contributed by atoms with E-state index in [1.54, 1.807) is 30.1 Å². The number of benzene rings is 2. The van der Waals surface area contributed by atoms with E-state index < -0.39 is 11.1 Å². The van der Waals surface area contributed by atoms with Crippen molar-refractivity contribution in [3.63, 3.8) is 0 Å². The summed E-state index contributed by atoms with van der Waals surface area (Å²) < 4.78 is 2.71. The lowest BCUT2D eigenvalue weighted by Crippen LogP contribution is -2.43. The predicted octanol–water partition coefficient (Wildman–Crippen LogP) is 1.84. The van der Waals surface area contributed by atoms with Crippen LogP contribution in [0.1, 0.15) is 12.5 Å². The van der Waals surface area contributed by atoms with Gasteiger partial charge >= 0.3 is 11.1 Å². The van der Waals surface area contributed by atoms with Crippen molar-refractivity contribution in [3.8, 4) is 0 Å². The first-order chi connectivity index (χ1) is 12.5. The van der Waals surface area contributed by atoms with Crippen LogP contribution in [0.25, 0.3) is 11.0 Å². The molecule has 3 rings (SSSR count). The molecular weight excluding hydrogens is 330 g/mol. The van der Waals surface area contributed by atoms with Crippen molar-refractivity contribution < 1.29 is 4.79 Å². The van der Waals surface area contributed by atoms with Crippen LogP contribution in [0.15, 0.2) is 64.2 Å². The Bertz CT molecular complexity index is 1050. The first kappa shape index (κ1) is 17.7. The average Bonchev–Trinajstić information content (AvgIpc) is 2.66. The van der Waals surface area contributed by atoms with Gasteiger partial charge in [-0.1, -0.05) is 42.5 Å². The molecule has 0 saturated heterocycles. The molecule has 1 amide bonds. The summed E-state index contributed by atoms with van der Waals surface area (Å²) in [6.45, 7) is 2.49. The molecule has 0 spiro atoms. The molecule has 0 unspecified atom stereocenters. The number of carbonyl (C=O) groups excluding carboxylic acids is 1. The van der Waals surface area contributed by atoms with E-state index in [9.17, 15) is 14.4 Å². The number of nitrogens with zero attached hydrogens (tertiary/aromatic N) is 3. The van der Waals surface area contributed by atoms with E-state index in [4.69, 9.17) is 0 Å². The average molecular weight is 351 g/mol. The quantitative estimate of drug-likeness (QED) is 0.659. The van der Waals surface area contributed by atoms with Gasteiger partial charge in [0.25, 0.3) is 0 Å². The van der Waals surface area contributed by atoms with E-state index in [1.807, 2.05) is 43.3 Å². The molecule has 0 aliphatic rings. The van der Waals surface area contributed by atoms with Crippen LogP contribution < -0.4 is 11.1 Å². The molecule has 0 atom stereocenters. The highest BCUT2D eigenvalue weighted by Gasteiger charge is 2.16. The zero-order valence-electron chi connectivity index (χ0n) is 14.9. The highest BCUT2D eigenvalue weighted by atomic mass is 16.2. The van der Waals surface area contributed by atoms with Crippen LogP contribution in [0.2, 0.25) is 0 Å². The second-order valence-electron chi connectivity index (χ2n) is 6.16. The third-order valence-electron chi connectivity index (χ3n) is 4.43. The zero-order chi connectivity index (χ0) is 18.7. The summed E-state index contributed by atoms with van der Waals surface area (Å²) in [6.07, 6.45) is 0. The smallest absolute Gasteiger partial charge is 0.317 e. The molecule has 1 aromatic heterocycles. The molecular formula is C20H21N3O3. The minimum atomic E-state index is -0.674. The predicted molar refractivity (Wildman–Crippen MR) is 101 cm³/mol. The third-order valence-corrected chi connectivity index (χ3v) is 4.43. The van der Waals surface area contributed by atoms with E-state index in [0.717, 1.165) is 5.56 Å². The van der Waals surface area contributed by atoms with Gasteiger partial charge in [-0.05, 0) is 24.6 Å². The maximum atomic E-state index is 12.6. The Labute approximate surface area is 150 Å². The Hall–Kier alpha value is -3.15. The van der Waals surface area contributed by atoms with Crippen LogP contribution in [0.5, 0.6) is 0 Å². The topological polar surface area (TPSA) is 64.3 Å². The van der Waals surface area contributed by atoms with E-state index in [-0.39, 0.29) is 12.5 Å². The fraction of sp³-hybridized carbons (Fsp3) is 0.250. The van der Waals surface area contributed by atoms with E-state index in [2.05, 4.69) is 0 Å². The first-order valence-corrected chi connectivity index (χ1v) is 8.53. The number of likely N-dealkylation sites (N-methyl/N-ethyl adjacent to an activating group) is 1. The monoisotopic (exact) mass is 351 g/mol. The number of aromatic nitrogens is 2. The molecule has 26 heavy (non-hydrogen) atoms. The fourth-order valence-corrected chi connectivity index (χ4v) is 3.04. The standard InChI is InChI=1S/C20H21N3O3/c1-3-22-16-11-7-8-12-17(16)23(20(26)19(22)25)14-18(24)21(2)13-15-9-5-4-6-10-15/h4-12H,3,13-14H2,1-2H3. The molecule has 6 heteroatoms. The number of fused-ring (bicyclic) bond motifs is 1. The third kappa shape index (κ3) is 3.31. The van der Waals surface area contributed by atoms with Gasteiger partial charge in [-0.3, -0.25) is 19.0 Å². The Morgan fingerprint density at radius 3 is 2.04 bits per heavy atom. The van der Waals surface area contributed by atoms with Crippen LogP contribution in [0, 0.1) is 0 Å². The summed E-state index contributed by atoms with van der Waals surface area (Å²) >= 11 is 0. The van der Waals surface area contributed by atoms with E-state index in [1.165, 1.54) is 9.13 Å². The summed E-state index contributed by atoms with van der Waals surface area (Å²) in [5.41, 5.74) is 0.956. The van der Waals surface area contributed by atoms with Gasteiger partial charge < -0.3 is 9.47 Å². The largest absolute Gasteiger partial charge is 0.340 e. The van der Waals surface area contributed by atoms with E-state index >= 15 is 0 Å². The maximum Gasteiger partial charge on any atom is 0.317 e. The van der Waals surface area contributed by atoms with Crippen LogP contribution in [-0.2, 0) is 24.4 Å². The fourth-order valence-electron chi connectivity index (χ4n) is 3.04. The molecule has 0 fully saturated rings. The lowest BCUT2D eigenvalue weighted by atomic mass is 10.2. The summed E-state index contributed by atoms with van der Waals surface area (Å²) in [6, 6.07) is 16.8. The maximum absolute atomic E-state index is 12.6. The first-order valence-electron chi connectivity index (χ1n) is 8.53. The number of hydrogen-bond acceptors (Lipinski definition) is 3. The molecule has 0 aliphatic heterocycles. The highest BCUT2D eigenvalue weighted by Crippen LogP contribution is 2.11. The molecule has 1 heterocycles. The Kier molecular flexibility index (Phi) is 5.02. The van der Waals surface area contributed by atoms with Crippen molar-refractivity contribution >= 4 is 16.9 Å². The second-order valence-corrected chi connectivity index (χ2v) is 6.16. The van der Waals surface area contributed by atoms with Gasteiger partial charge in [-0.25, -0.2) is 0 Å². The highest BCUT2D eigenvalue weighted by molar-refractivity contribution is 5.80. The molecule has 0 saturated carbocycles. The number of amides is 1. The molecule has 2 aromatic carbocycles. The Balaban J connectivity index is 1.96. The van der Waals surface area contributed by atoms with Crippen LogP contribution in [0.3, 0.4) is 0 Å². The SMILES string of the molecule is CCn1c(=O)c(=O)n(CC(=O)N(C)Cc2ccccc2)c2ccccc21.